The summed E-state index contributed by atoms with van der Waals surface area (Å²) in [6.07, 6.45) is 4.77. The highest BCUT2D eigenvalue weighted by Gasteiger charge is 2.20. The minimum absolute atomic E-state index is 0.871. The highest BCUT2D eigenvalue weighted by atomic mass is 15.1. The monoisotopic (exact) mass is 167 g/mol. The summed E-state index contributed by atoms with van der Waals surface area (Å²) in [5, 5.41) is 0. The van der Waals surface area contributed by atoms with Crippen LogP contribution in [0.15, 0.2) is 12.7 Å². The second-order valence-electron chi connectivity index (χ2n) is 4.17. The van der Waals surface area contributed by atoms with Gasteiger partial charge in [-0.3, -0.25) is 4.90 Å². The van der Waals surface area contributed by atoms with Gasteiger partial charge in [0.1, 0.15) is 0 Å². The Morgan fingerprint density at radius 2 is 2.00 bits per heavy atom. The van der Waals surface area contributed by atoms with E-state index in [-0.39, 0.29) is 0 Å². The molecule has 12 heavy (non-hydrogen) atoms. The zero-order chi connectivity index (χ0) is 8.97. The Kier molecular flexibility index (Phi) is 3.80. The molecule has 1 saturated heterocycles. The number of likely N-dealkylation sites (tertiary alicyclic amines) is 1. The van der Waals surface area contributed by atoms with Crippen molar-refractivity contribution in [3.05, 3.63) is 12.7 Å². The smallest absolute Gasteiger partial charge is 0.0160 e. The van der Waals surface area contributed by atoms with E-state index in [1.807, 2.05) is 6.08 Å². The maximum atomic E-state index is 3.77. The molecular formula is C11H21N. The summed E-state index contributed by atoms with van der Waals surface area (Å²) in [7, 11) is 0. The Hall–Kier alpha value is -0.300. The Morgan fingerprint density at radius 3 is 2.42 bits per heavy atom. The first-order chi connectivity index (χ1) is 5.74. The summed E-state index contributed by atoms with van der Waals surface area (Å²) < 4.78 is 0. The third kappa shape index (κ3) is 2.63. The highest BCUT2D eigenvalue weighted by molar-refractivity contribution is 4.79. The normalized spacial score (nSPS) is 21.6. The lowest BCUT2D eigenvalue weighted by atomic mass is 9.87. The largest absolute Gasteiger partial charge is 0.300 e. The molecule has 0 spiro atoms. The fourth-order valence-electron chi connectivity index (χ4n) is 1.98. The maximum absolute atomic E-state index is 3.77. The molecule has 1 aliphatic rings. The topological polar surface area (TPSA) is 3.24 Å². The molecule has 0 saturated carbocycles. The van der Waals surface area contributed by atoms with Crippen LogP contribution in [-0.2, 0) is 0 Å². The van der Waals surface area contributed by atoms with Gasteiger partial charge in [-0.1, -0.05) is 19.9 Å². The van der Waals surface area contributed by atoms with Crippen LogP contribution in [0.5, 0.6) is 0 Å². The van der Waals surface area contributed by atoms with Crippen LogP contribution in [0.4, 0.5) is 0 Å². The fraction of sp³-hybridized carbons (Fsp3) is 0.818. The zero-order valence-corrected chi connectivity index (χ0v) is 8.42. The summed E-state index contributed by atoms with van der Waals surface area (Å²) in [5.41, 5.74) is 0. The van der Waals surface area contributed by atoms with Gasteiger partial charge in [-0.2, -0.15) is 0 Å². The number of nitrogens with zero attached hydrogens (tertiary/aromatic N) is 1. The van der Waals surface area contributed by atoms with Crippen molar-refractivity contribution in [2.45, 2.75) is 26.7 Å². The van der Waals surface area contributed by atoms with Crippen LogP contribution in [0, 0.1) is 11.8 Å². The fourth-order valence-corrected chi connectivity index (χ4v) is 1.98. The molecule has 1 nitrogen and oxygen atoms in total. The Morgan fingerprint density at radius 1 is 1.42 bits per heavy atom. The summed E-state index contributed by atoms with van der Waals surface area (Å²) in [6.45, 7) is 12.1. The third-order valence-electron chi connectivity index (χ3n) is 2.96. The lowest BCUT2D eigenvalue weighted by molar-refractivity contribution is 0.171. The van der Waals surface area contributed by atoms with Crippen LogP contribution in [0.25, 0.3) is 0 Å². The second kappa shape index (κ2) is 4.66. The Bertz CT molecular complexity index is 132. The first-order valence-corrected chi connectivity index (χ1v) is 5.07. The van der Waals surface area contributed by atoms with Crippen molar-refractivity contribution in [3.8, 4) is 0 Å². The molecular weight excluding hydrogens is 146 g/mol. The van der Waals surface area contributed by atoms with E-state index in [2.05, 4.69) is 25.3 Å². The van der Waals surface area contributed by atoms with Crippen LogP contribution in [0.2, 0.25) is 0 Å². The van der Waals surface area contributed by atoms with E-state index in [1.165, 1.54) is 25.9 Å². The van der Waals surface area contributed by atoms with Crippen molar-refractivity contribution in [1.29, 1.82) is 0 Å². The molecule has 0 aromatic carbocycles. The van der Waals surface area contributed by atoms with E-state index in [4.69, 9.17) is 0 Å². The van der Waals surface area contributed by atoms with Gasteiger partial charge in [0, 0.05) is 6.54 Å². The summed E-state index contributed by atoms with van der Waals surface area (Å²) in [6, 6.07) is 0. The molecule has 1 rings (SSSR count). The lowest BCUT2D eigenvalue weighted by Crippen LogP contribution is -2.35. The van der Waals surface area contributed by atoms with Crippen molar-refractivity contribution in [2.24, 2.45) is 11.8 Å². The van der Waals surface area contributed by atoms with Crippen LogP contribution < -0.4 is 0 Å². The molecule has 0 atom stereocenters. The van der Waals surface area contributed by atoms with Gasteiger partial charge in [-0.25, -0.2) is 0 Å². The average molecular weight is 167 g/mol. The van der Waals surface area contributed by atoms with Crippen molar-refractivity contribution >= 4 is 0 Å². The minimum atomic E-state index is 0.871. The molecule has 1 heteroatoms. The zero-order valence-electron chi connectivity index (χ0n) is 8.42. The van der Waals surface area contributed by atoms with Gasteiger partial charge in [-0.05, 0) is 37.8 Å². The molecule has 70 valence electrons. The molecule has 0 amide bonds. The number of piperidine rings is 1. The van der Waals surface area contributed by atoms with E-state index < -0.39 is 0 Å². The van der Waals surface area contributed by atoms with Crippen LogP contribution >= 0.6 is 0 Å². The summed E-state index contributed by atoms with van der Waals surface area (Å²) in [5.74, 6) is 1.84. The molecule has 0 aromatic rings. The van der Waals surface area contributed by atoms with E-state index in [0.29, 0.717) is 0 Å². The van der Waals surface area contributed by atoms with Gasteiger partial charge in [0.25, 0.3) is 0 Å². The van der Waals surface area contributed by atoms with Gasteiger partial charge in [0.15, 0.2) is 0 Å². The standard InChI is InChI=1S/C11H21N/c1-4-7-12-8-5-11(6-9-12)10(2)3/h4,10-11H,1,5-9H2,2-3H3. The minimum Gasteiger partial charge on any atom is -0.300 e. The first-order valence-electron chi connectivity index (χ1n) is 5.07. The molecule has 0 aromatic heterocycles. The third-order valence-corrected chi connectivity index (χ3v) is 2.96. The molecule has 1 aliphatic heterocycles. The van der Waals surface area contributed by atoms with E-state index in [9.17, 15) is 0 Å². The van der Waals surface area contributed by atoms with Gasteiger partial charge >= 0.3 is 0 Å². The molecule has 0 unspecified atom stereocenters. The van der Waals surface area contributed by atoms with E-state index in [0.717, 1.165) is 18.4 Å². The van der Waals surface area contributed by atoms with Gasteiger partial charge in [0.05, 0.1) is 0 Å². The molecule has 1 fully saturated rings. The summed E-state index contributed by atoms with van der Waals surface area (Å²) >= 11 is 0. The van der Waals surface area contributed by atoms with Crippen molar-refractivity contribution in [2.75, 3.05) is 19.6 Å². The first kappa shape index (κ1) is 9.79. The van der Waals surface area contributed by atoms with Gasteiger partial charge < -0.3 is 0 Å². The molecule has 0 N–H and O–H groups in total. The second-order valence-corrected chi connectivity index (χ2v) is 4.17. The van der Waals surface area contributed by atoms with E-state index >= 15 is 0 Å². The Labute approximate surface area is 76.5 Å². The maximum Gasteiger partial charge on any atom is 0.0160 e. The van der Waals surface area contributed by atoms with Crippen molar-refractivity contribution < 1.29 is 0 Å². The van der Waals surface area contributed by atoms with Gasteiger partial charge in [0.2, 0.25) is 0 Å². The van der Waals surface area contributed by atoms with Crippen LogP contribution in [0.1, 0.15) is 26.7 Å². The molecule has 0 aliphatic carbocycles. The summed E-state index contributed by atoms with van der Waals surface area (Å²) in [4.78, 5) is 2.49. The predicted molar refractivity (Wildman–Crippen MR) is 54.2 cm³/mol. The van der Waals surface area contributed by atoms with Crippen LogP contribution in [0.3, 0.4) is 0 Å². The quantitative estimate of drug-likeness (QED) is 0.584. The highest BCUT2D eigenvalue weighted by Crippen LogP contribution is 2.23. The van der Waals surface area contributed by atoms with Crippen LogP contribution in [-0.4, -0.2) is 24.5 Å². The van der Waals surface area contributed by atoms with Crippen molar-refractivity contribution in [1.82, 2.24) is 4.90 Å². The average Bonchev–Trinajstić information content (AvgIpc) is 2.06. The number of hydrogen-bond donors (Lipinski definition) is 0. The van der Waals surface area contributed by atoms with E-state index in [1.54, 1.807) is 0 Å². The number of hydrogen-bond acceptors (Lipinski definition) is 1. The SMILES string of the molecule is C=CCN1CCC(C(C)C)CC1. The lowest BCUT2D eigenvalue weighted by Gasteiger charge is -2.33. The van der Waals surface area contributed by atoms with Crippen molar-refractivity contribution in [3.63, 3.8) is 0 Å². The van der Waals surface area contributed by atoms with Gasteiger partial charge in [-0.15, -0.1) is 6.58 Å². The number of rotatable bonds is 3. The Balaban J connectivity index is 2.24. The molecule has 0 bridgehead atoms. The molecule has 1 heterocycles. The predicted octanol–water partition coefficient (Wildman–Crippen LogP) is 2.54. The molecule has 0 radical (unpaired) electrons.